The first-order chi connectivity index (χ1) is 12.2. The molecular weight excluding hydrogens is 314 g/mol. The van der Waals surface area contributed by atoms with Crippen molar-refractivity contribution in [1.29, 1.82) is 0 Å². The second kappa shape index (κ2) is 6.98. The molecule has 0 radical (unpaired) electrons. The number of aryl methyl sites for hydroxylation is 1. The lowest BCUT2D eigenvalue weighted by Crippen LogP contribution is -2.52. The van der Waals surface area contributed by atoms with Gasteiger partial charge in [-0.2, -0.15) is 5.10 Å². The highest BCUT2D eigenvalue weighted by Crippen LogP contribution is 2.25. The molecule has 2 saturated heterocycles. The van der Waals surface area contributed by atoms with Crippen molar-refractivity contribution in [2.45, 2.75) is 19.0 Å². The van der Waals surface area contributed by atoms with E-state index in [-0.39, 0.29) is 11.9 Å². The fourth-order valence-electron chi connectivity index (χ4n) is 3.91. The van der Waals surface area contributed by atoms with E-state index < -0.39 is 0 Å². The Balaban J connectivity index is 1.33. The Bertz CT molecular complexity index is 720. The van der Waals surface area contributed by atoms with Gasteiger partial charge in [0.05, 0.1) is 12.2 Å². The van der Waals surface area contributed by atoms with Crippen LogP contribution in [0.3, 0.4) is 0 Å². The van der Waals surface area contributed by atoms with Crippen molar-refractivity contribution in [3.05, 3.63) is 48.3 Å². The van der Waals surface area contributed by atoms with Crippen molar-refractivity contribution in [2.75, 3.05) is 37.6 Å². The standard InChI is InChI=1S/C19H25N5O/c1-21-14-16(13-20-21)15-22-9-11-23(12-10-22)18-7-8-24(19(18)25)17-5-3-2-4-6-17/h2-6,13-14,18H,7-12,15H2,1H3/t18-/m1/s1. The van der Waals surface area contributed by atoms with E-state index in [1.54, 1.807) is 0 Å². The van der Waals surface area contributed by atoms with Gasteiger partial charge in [0.2, 0.25) is 5.91 Å². The van der Waals surface area contributed by atoms with Crippen LogP contribution in [0.15, 0.2) is 42.7 Å². The number of benzene rings is 1. The van der Waals surface area contributed by atoms with Crippen LogP contribution in [0.2, 0.25) is 0 Å². The van der Waals surface area contributed by atoms with Crippen molar-refractivity contribution in [3.63, 3.8) is 0 Å². The van der Waals surface area contributed by atoms with E-state index >= 15 is 0 Å². The number of hydrogen-bond donors (Lipinski definition) is 0. The largest absolute Gasteiger partial charge is 0.311 e. The lowest BCUT2D eigenvalue weighted by atomic mass is 10.1. The molecule has 0 N–H and O–H groups in total. The number of nitrogens with zero attached hydrogens (tertiary/aromatic N) is 5. The van der Waals surface area contributed by atoms with E-state index in [9.17, 15) is 4.79 Å². The predicted octanol–water partition coefficient (Wildman–Crippen LogP) is 1.34. The molecule has 2 aromatic rings. The maximum Gasteiger partial charge on any atom is 0.244 e. The van der Waals surface area contributed by atoms with Gasteiger partial charge in [-0.25, -0.2) is 0 Å². The van der Waals surface area contributed by atoms with Crippen molar-refractivity contribution >= 4 is 11.6 Å². The van der Waals surface area contributed by atoms with Crippen molar-refractivity contribution in [2.24, 2.45) is 7.05 Å². The van der Waals surface area contributed by atoms with Crippen LogP contribution in [0.5, 0.6) is 0 Å². The van der Waals surface area contributed by atoms with Crippen LogP contribution < -0.4 is 4.90 Å². The van der Waals surface area contributed by atoms with Crippen LogP contribution >= 0.6 is 0 Å². The van der Waals surface area contributed by atoms with Gasteiger partial charge in [0.25, 0.3) is 0 Å². The van der Waals surface area contributed by atoms with Crippen LogP contribution in [0, 0.1) is 0 Å². The Morgan fingerprint density at radius 3 is 2.52 bits per heavy atom. The van der Waals surface area contributed by atoms with Gasteiger partial charge in [-0.1, -0.05) is 18.2 Å². The Morgan fingerprint density at radius 2 is 1.84 bits per heavy atom. The van der Waals surface area contributed by atoms with Crippen molar-refractivity contribution in [3.8, 4) is 0 Å². The summed E-state index contributed by atoms with van der Waals surface area (Å²) < 4.78 is 1.85. The van der Waals surface area contributed by atoms with Gasteiger partial charge >= 0.3 is 0 Å². The minimum absolute atomic E-state index is 0.0424. The second-order valence-corrected chi connectivity index (χ2v) is 6.96. The topological polar surface area (TPSA) is 44.6 Å². The molecule has 2 aliphatic heterocycles. The Morgan fingerprint density at radius 1 is 1.08 bits per heavy atom. The molecule has 0 aliphatic carbocycles. The minimum Gasteiger partial charge on any atom is -0.311 e. The van der Waals surface area contributed by atoms with Gasteiger partial charge in [0.1, 0.15) is 0 Å². The first-order valence-corrected chi connectivity index (χ1v) is 9.01. The van der Waals surface area contributed by atoms with Gasteiger partial charge in [0, 0.05) is 63.8 Å². The van der Waals surface area contributed by atoms with Gasteiger partial charge in [-0.3, -0.25) is 19.3 Å². The summed E-state index contributed by atoms with van der Waals surface area (Å²) in [6.45, 7) is 5.69. The molecule has 6 heteroatoms. The third-order valence-electron chi connectivity index (χ3n) is 5.26. The first kappa shape index (κ1) is 16.3. The molecule has 2 aliphatic rings. The van der Waals surface area contributed by atoms with E-state index in [1.807, 2.05) is 53.2 Å². The number of carbonyl (C=O) groups is 1. The highest BCUT2D eigenvalue weighted by Gasteiger charge is 2.37. The lowest BCUT2D eigenvalue weighted by molar-refractivity contribution is -0.122. The molecule has 25 heavy (non-hydrogen) atoms. The van der Waals surface area contributed by atoms with Gasteiger partial charge in [-0.15, -0.1) is 0 Å². The number of piperazine rings is 1. The molecule has 1 aromatic heterocycles. The monoisotopic (exact) mass is 339 g/mol. The van der Waals surface area contributed by atoms with E-state index in [1.165, 1.54) is 5.56 Å². The highest BCUT2D eigenvalue weighted by atomic mass is 16.2. The number of aromatic nitrogens is 2. The van der Waals surface area contributed by atoms with Crippen LogP contribution in [-0.2, 0) is 18.4 Å². The smallest absolute Gasteiger partial charge is 0.244 e. The molecule has 0 unspecified atom stereocenters. The number of rotatable bonds is 4. The molecule has 0 bridgehead atoms. The quantitative estimate of drug-likeness (QED) is 0.843. The Hall–Kier alpha value is -2.18. The van der Waals surface area contributed by atoms with Crippen LogP contribution in [0.4, 0.5) is 5.69 Å². The van der Waals surface area contributed by atoms with Gasteiger partial charge in [-0.05, 0) is 18.6 Å². The number of hydrogen-bond acceptors (Lipinski definition) is 4. The first-order valence-electron chi connectivity index (χ1n) is 9.01. The molecule has 2 fully saturated rings. The molecule has 4 rings (SSSR count). The SMILES string of the molecule is Cn1cc(CN2CCN([C@@H]3CCN(c4ccccc4)C3=O)CC2)cn1. The summed E-state index contributed by atoms with van der Waals surface area (Å²) in [6, 6.07) is 10.1. The van der Waals surface area contributed by atoms with E-state index in [2.05, 4.69) is 21.1 Å². The summed E-state index contributed by atoms with van der Waals surface area (Å²) in [6.07, 6.45) is 4.94. The molecule has 1 aromatic carbocycles. The molecule has 1 amide bonds. The van der Waals surface area contributed by atoms with Crippen molar-refractivity contribution in [1.82, 2.24) is 19.6 Å². The maximum atomic E-state index is 12.8. The third kappa shape index (κ3) is 3.45. The molecule has 3 heterocycles. The zero-order valence-electron chi connectivity index (χ0n) is 14.7. The predicted molar refractivity (Wildman–Crippen MR) is 97.3 cm³/mol. The zero-order valence-corrected chi connectivity index (χ0v) is 14.7. The zero-order chi connectivity index (χ0) is 17.2. The third-order valence-corrected chi connectivity index (χ3v) is 5.26. The highest BCUT2D eigenvalue weighted by molar-refractivity contribution is 5.99. The molecular formula is C19H25N5O. The van der Waals surface area contributed by atoms with Gasteiger partial charge < -0.3 is 4.90 Å². The molecule has 0 saturated carbocycles. The second-order valence-electron chi connectivity index (χ2n) is 6.96. The number of para-hydroxylation sites is 1. The van der Waals surface area contributed by atoms with Crippen molar-refractivity contribution < 1.29 is 4.79 Å². The van der Waals surface area contributed by atoms with E-state index in [0.29, 0.717) is 0 Å². The number of carbonyl (C=O) groups excluding carboxylic acids is 1. The lowest BCUT2D eigenvalue weighted by Gasteiger charge is -2.37. The minimum atomic E-state index is 0.0424. The summed E-state index contributed by atoms with van der Waals surface area (Å²) in [4.78, 5) is 19.6. The molecule has 0 spiro atoms. The molecule has 1 atom stereocenters. The fourth-order valence-corrected chi connectivity index (χ4v) is 3.91. The summed E-state index contributed by atoms with van der Waals surface area (Å²) in [5.41, 5.74) is 2.27. The Kier molecular flexibility index (Phi) is 4.55. The summed E-state index contributed by atoms with van der Waals surface area (Å²) >= 11 is 0. The Labute approximate surface area is 148 Å². The van der Waals surface area contributed by atoms with Crippen LogP contribution in [0.25, 0.3) is 0 Å². The fraction of sp³-hybridized carbons (Fsp3) is 0.474. The normalized spacial score (nSPS) is 22.7. The van der Waals surface area contributed by atoms with Gasteiger partial charge in [0.15, 0.2) is 0 Å². The number of anilines is 1. The maximum absolute atomic E-state index is 12.8. The summed E-state index contributed by atoms with van der Waals surface area (Å²) in [7, 11) is 1.95. The molecule has 6 nitrogen and oxygen atoms in total. The van der Waals surface area contributed by atoms with Crippen LogP contribution in [0.1, 0.15) is 12.0 Å². The van der Waals surface area contributed by atoms with E-state index in [0.717, 1.165) is 51.4 Å². The summed E-state index contributed by atoms with van der Waals surface area (Å²) in [5, 5.41) is 4.24. The van der Waals surface area contributed by atoms with E-state index in [4.69, 9.17) is 0 Å². The van der Waals surface area contributed by atoms with Crippen LogP contribution in [-0.4, -0.2) is 64.3 Å². The number of amides is 1. The molecule has 132 valence electrons. The average molecular weight is 339 g/mol. The summed E-state index contributed by atoms with van der Waals surface area (Å²) in [5.74, 6) is 0.256. The average Bonchev–Trinajstić information content (AvgIpc) is 3.22.